The predicted octanol–water partition coefficient (Wildman–Crippen LogP) is 4.37. The van der Waals surface area contributed by atoms with Crippen LogP contribution in [0, 0.1) is 16.0 Å². The van der Waals surface area contributed by atoms with Gasteiger partial charge in [-0.25, -0.2) is 4.98 Å². The SMILES string of the molecule is CCC(C)C(C(=O)Nc1nc(-c2ccc([N+](=O)[O-])cc2)cs1)N1C(=O)c2ccccc2C1=O. The average Bonchev–Trinajstić information content (AvgIpc) is 3.38. The number of anilines is 1. The Labute approximate surface area is 193 Å². The number of nitro groups is 1. The van der Waals surface area contributed by atoms with E-state index in [-0.39, 0.29) is 11.6 Å². The molecule has 10 heteroatoms. The number of nitrogens with zero attached hydrogens (tertiary/aromatic N) is 3. The molecule has 0 saturated carbocycles. The summed E-state index contributed by atoms with van der Waals surface area (Å²) in [5.41, 5.74) is 1.76. The number of hydrogen-bond donors (Lipinski definition) is 1. The molecule has 0 radical (unpaired) electrons. The smallest absolute Gasteiger partial charge is 0.269 e. The maximum absolute atomic E-state index is 13.2. The third-order valence-corrected chi connectivity index (χ3v) is 6.42. The molecule has 168 valence electrons. The molecule has 3 aromatic rings. The molecule has 2 heterocycles. The van der Waals surface area contributed by atoms with Gasteiger partial charge in [-0.1, -0.05) is 32.4 Å². The molecule has 4 rings (SSSR count). The van der Waals surface area contributed by atoms with Crippen LogP contribution in [0.15, 0.2) is 53.9 Å². The lowest BCUT2D eigenvalue weighted by molar-refractivity contribution is -0.384. The number of non-ortho nitro benzene ring substituents is 1. The van der Waals surface area contributed by atoms with Gasteiger partial charge in [-0.15, -0.1) is 11.3 Å². The van der Waals surface area contributed by atoms with Gasteiger partial charge in [0.2, 0.25) is 5.91 Å². The van der Waals surface area contributed by atoms with Crippen molar-refractivity contribution in [3.8, 4) is 11.3 Å². The monoisotopic (exact) mass is 464 g/mol. The summed E-state index contributed by atoms with van der Waals surface area (Å²) in [6, 6.07) is 11.5. The summed E-state index contributed by atoms with van der Waals surface area (Å²) >= 11 is 1.19. The summed E-state index contributed by atoms with van der Waals surface area (Å²) in [5.74, 6) is -1.74. The number of hydrogen-bond acceptors (Lipinski definition) is 7. The number of rotatable bonds is 7. The van der Waals surface area contributed by atoms with Gasteiger partial charge in [0.15, 0.2) is 5.13 Å². The van der Waals surface area contributed by atoms with Crippen molar-refractivity contribution in [2.24, 2.45) is 5.92 Å². The zero-order valence-electron chi connectivity index (χ0n) is 17.8. The van der Waals surface area contributed by atoms with Crippen LogP contribution in [0.1, 0.15) is 41.0 Å². The van der Waals surface area contributed by atoms with Crippen LogP contribution < -0.4 is 5.32 Å². The van der Waals surface area contributed by atoms with Crippen LogP contribution in [-0.2, 0) is 4.79 Å². The summed E-state index contributed by atoms with van der Waals surface area (Å²) in [7, 11) is 0. The van der Waals surface area contributed by atoms with Crippen molar-refractivity contribution >= 4 is 39.9 Å². The lowest BCUT2D eigenvalue weighted by atomic mass is 9.96. The number of benzene rings is 2. The number of thiazole rings is 1. The lowest BCUT2D eigenvalue weighted by Crippen LogP contribution is -2.50. The first-order valence-electron chi connectivity index (χ1n) is 10.3. The molecule has 0 fully saturated rings. The first kappa shape index (κ1) is 22.3. The van der Waals surface area contributed by atoms with E-state index < -0.39 is 28.7 Å². The first-order valence-corrected chi connectivity index (χ1v) is 11.2. The van der Waals surface area contributed by atoms with Crippen molar-refractivity contribution in [1.29, 1.82) is 0 Å². The Morgan fingerprint density at radius 3 is 2.27 bits per heavy atom. The van der Waals surface area contributed by atoms with Crippen LogP contribution in [0.3, 0.4) is 0 Å². The van der Waals surface area contributed by atoms with Crippen LogP contribution in [0.4, 0.5) is 10.8 Å². The minimum Gasteiger partial charge on any atom is -0.300 e. The molecular weight excluding hydrogens is 444 g/mol. The number of carbonyl (C=O) groups excluding carboxylic acids is 3. The summed E-state index contributed by atoms with van der Waals surface area (Å²) in [5, 5.41) is 15.6. The maximum atomic E-state index is 13.2. The largest absolute Gasteiger partial charge is 0.300 e. The Morgan fingerprint density at radius 1 is 1.12 bits per heavy atom. The quantitative estimate of drug-likeness (QED) is 0.315. The van der Waals surface area contributed by atoms with Gasteiger partial charge in [0, 0.05) is 23.1 Å². The maximum Gasteiger partial charge on any atom is 0.269 e. The molecule has 1 aromatic heterocycles. The van der Waals surface area contributed by atoms with Crippen LogP contribution in [0.25, 0.3) is 11.3 Å². The number of nitrogens with one attached hydrogen (secondary N) is 1. The molecule has 3 amide bonds. The Balaban J connectivity index is 1.56. The Morgan fingerprint density at radius 2 is 1.73 bits per heavy atom. The van der Waals surface area contributed by atoms with Crippen LogP contribution >= 0.6 is 11.3 Å². The summed E-state index contributed by atoms with van der Waals surface area (Å²) in [4.78, 5) is 54.9. The molecule has 2 aromatic carbocycles. The molecule has 1 aliphatic rings. The third-order valence-electron chi connectivity index (χ3n) is 5.66. The van der Waals surface area contributed by atoms with Gasteiger partial charge in [0.25, 0.3) is 17.5 Å². The molecule has 33 heavy (non-hydrogen) atoms. The number of nitro benzene ring substituents is 1. The summed E-state index contributed by atoms with van der Waals surface area (Å²) in [6.07, 6.45) is 0.581. The highest BCUT2D eigenvalue weighted by molar-refractivity contribution is 7.14. The van der Waals surface area contributed by atoms with E-state index in [9.17, 15) is 24.5 Å². The molecule has 1 N–H and O–H groups in total. The Bertz CT molecular complexity index is 1220. The first-order chi connectivity index (χ1) is 15.8. The number of aromatic nitrogens is 1. The fourth-order valence-corrected chi connectivity index (χ4v) is 4.43. The zero-order valence-corrected chi connectivity index (χ0v) is 18.7. The van der Waals surface area contributed by atoms with Crippen molar-refractivity contribution in [1.82, 2.24) is 9.88 Å². The Kier molecular flexibility index (Phi) is 6.01. The third kappa shape index (κ3) is 4.12. The molecule has 2 atom stereocenters. The Hall–Kier alpha value is -3.92. The zero-order chi connectivity index (χ0) is 23.7. The van der Waals surface area contributed by atoms with E-state index in [2.05, 4.69) is 10.3 Å². The van der Waals surface area contributed by atoms with E-state index in [4.69, 9.17) is 0 Å². The van der Waals surface area contributed by atoms with Gasteiger partial charge in [0.05, 0.1) is 21.7 Å². The van der Waals surface area contributed by atoms with Crippen LogP contribution in [-0.4, -0.2) is 38.6 Å². The number of fused-ring (bicyclic) bond motifs is 1. The van der Waals surface area contributed by atoms with E-state index in [1.807, 2.05) is 13.8 Å². The number of amides is 3. The van der Waals surface area contributed by atoms with Crippen LogP contribution in [0.2, 0.25) is 0 Å². The van der Waals surface area contributed by atoms with Gasteiger partial charge in [0.1, 0.15) is 6.04 Å². The topological polar surface area (TPSA) is 123 Å². The van der Waals surface area contributed by atoms with Crippen molar-refractivity contribution in [2.45, 2.75) is 26.3 Å². The number of imide groups is 1. The van der Waals surface area contributed by atoms with Gasteiger partial charge >= 0.3 is 0 Å². The van der Waals surface area contributed by atoms with Crippen molar-refractivity contribution in [2.75, 3.05) is 5.32 Å². The minimum atomic E-state index is -0.992. The summed E-state index contributed by atoms with van der Waals surface area (Å²) < 4.78 is 0. The minimum absolute atomic E-state index is 0.0279. The lowest BCUT2D eigenvalue weighted by Gasteiger charge is -2.29. The molecule has 1 aliphatic heterocycles. The second-order valence-electron chi connectivity index (χ2n) is 7.69. The standard InChI is InChI=1S/C23H20N4O5S/c1-3-13(2)19(26-21(29)16-6-4-5-7-17(16)22(26)30)20(28)25-23-24-18(12-33-23)14-8-10-15(11-9-14)27(31)32/h4-13,19H,3H2,1-2H3,(H,24,25,28). The molecule has 0 spiro atoms. The number of carbonyl (C=O) groups is 3. The van der Waals surface area contributed by atoms with Gasteiger partial charge in [-0.2, -0.15) is 0 Å². The molecule has 0 saturated heterocycles. The van der Waals surface area contributed by atoms with Gasteiger partial charge in [-0.3, -0.25) is 29.4 Å². The fourth-order valence-electron chi connectivity index (χ4n) is 3.71. The molecule has 9 nitrogen and oxygen atoms in total. The van der Waals surface area contributed by atoms with E-state index in [0.29, 0.717) is 33.9 Å². The van der Waals surface area contributed by atoms with Crippen molar-refractivity contribution < 1.29 is 19.3 Å². The molecule has 2 unspecified atom stereocenters. The van der Waals surface area contributed by atoms with E-state index in [1.165, 1.54) is 23.5 Å². The highest BCUT2D eigenvalue weighted by atomic mass is 32.1. The van der Waals surface area contributed by atoms with Gasteiger partial charge in [-0.05, 0) is 30.2 Å². The molecular formula is C23H20N4O5S. The fraction of sp³-hybridized carbons (Fsp3) is 0.217. The van der Waals surface area contributed by atoms with Crippen molar-refractivity contribution in [3.05, 3.63) is 75.2 Å². The normalized spacial score (nSPS) is 14.7. The van der Waals surface area contributed by atoms with E-state index in [1.54, 1.807) is 41.8 Å². The van der Waals surface area contributed by atoms with Crippen molar-refractivity contribution in [3.63, 3.8) is 0 Å². The second kappa shape index (κ2) is 8.91. The average molecular weight is 465 g/mol. The van der Waals surface area contributed by atoms with Gasteiger partial charge < -0.3 is 5.32 Å². The van der Waals surface area contributed by atoms with E-state index in [0.717, 1.165) is 4.90 Å². The van der Waals surface area contributed by atoms with E-state index >= 15 is 0 Å². The highest BCUT2D eigenvalue weighted by Gasteiger charge is 2.44. The second-order valence-corrected chi connectivity index (χ2v) is 8.55. The molecule has 0 aliphatic carbocycles. The predicted molar refractivity (Wildman–Crippen MR) is 123 cm³/mol. The highest BCUT2D eigenvalue weighted by Crippen LogP contribution is 2.30. The summed E-state index contributed by atoms with van der Waals surface area (Å²) in [6.45, 7) is 3.71. The molecule has 0 bridgehead atoms. The van der Waals surface area contributed by atoms with Crippen LogP contribution in [0.5, 0.6) is 0 Å².